The van der Waals surface area contributed by atoms with Gasteiger partial charge in [0.15, 0.2) is 10.2 Å². The lowest BCUT2D eigenvalue weighted by molar-refractivity contribution is -0.113. The molecular weight excluding hydrogens is 400 g/mol. The predicted octanol–water partition coefficient (Wildman–Crippen LogP) is 4.38. The molecule has 136 valence electrons. The number of nitrogens with zero attached hydrogens (tertiary/aromatic N) is 1. The number of para-hydroxylation sites is 1. The molecular formula is C19H15ClN4OS2. The SMILES string of the molecule is CC1=C(C(=O)Nc2nc3ccccc3s2)C(c2ccc(Cl)cc2)NC(=S)N1. The quantitative estimate of drug-likeness (QED) is 0.555. The second-order valence-corrected chi connectivity index (χ2v) is 7.94. The summed E-state index contributed by atoms with van der Waals surface area (Å²) in [6.07, 6.45) is 0. The summed E-state index contributed by atoms with van der Waals surface area (Å²) < 4.78 is 1.02. The summed E-state index contributed by atoms with van der Waals surface area (Å²) >= 11 is 12.7. The molecule has 1 atom stereocenters. The van der Waals surface area contributed by atoms with E-state index in [1.165, 1.54) is 11.3 Å². The molecule has 0 radical (unpaired) electrons. The molecule has 1 aliphatic heterocycles. The van der Waals surface area contributed by atoms with E-state index in [-0.39, 0.29) is 11.9 Å². The summed E-state index contributed by atoms with van der Waals surface area (Å²) in [5, 5.41) is 10.8. The maximum absolute atomic E-state index is 13.1. The normalized spacial score (nSPS) is 16.8. The van der Waals surface area contributed by atoms with E-state index in [0.29, 0.717) is 26.5 Å². The number of hydrogen-bond donors (Lipinski definition) is 3. The Labute approximate surface area is 170 Å². The van der Waals surface area contributed by atoms with Gasteiger partial charge in [0, 0.05) is 10.7 Å². The number of benzene rings is 2. The van der Waals surface area contributed by atoms with E-state index in [9.17, 15) is 4.79 Å². The van der Waals surface area contributed by atoms with Crippen LogP contribution in [0.5, 0.6) is 0 Å². The first-order valence-corrected chi connectivity index (χ1v) is 9.82. The molecule has 0 aliphatic carbocycles. The fourth-order valence-corrected chi connectivity index (χ4v) is 4.25. The number of hydrogen-bond acceptors (Lipinski definition) is 4. The molecule has 0 saturated carbocycles. The number of rotatable bonds is 3. The van der Waals surface area contributed by atoms with Gasteiger partial charge in [0.25, 0.3) is 5.91 Å². The lowest BCUT2D eigenvalue weighted by atomic mass is 9.95. The number of anilines is 1. The van der Waals surface area contributed by atoms with Crippen LogP contribution in [0, 0.1) is 0 Å². The molecule has 2 aromatic carbocycles. The topological polar surface area (TPSA) is 66.0 Å². The molecule has 27 heavy (non-hydrogen) atoms. The monoisotopic (exact) mass is 414 g/mol. The van der Waals surface area contributed by atoms with Gasteiger partial charge in [-0.15, -0.1) is 0 Å². The number of carbonyl (C=O) groups is 1. The molecule has 0 bridgehead atoms. The second kappa shape index (κ2) is 7.26. The average molecular weight is 415 g/mol. The van der Waals surface area contributed by atoms with Crippen molar-refractivity contribution in [3.05, 3.63) is 70.4 Å². The van der Waals surface area contributed by atoms with Gasteiger partial charge in [0.2, 0.25) is 0 Å². The molecule has 5 nitrogen and oxygen atoms in total. The first-order valence-electron chi connectivity index (χ1n) is 8.22. The molecule has 0 fully saturated rings. The summed E-state index contributed by atoms with van der Waals surface area (Å²) in [7, 11) is 0. The van der Waals surface area contributed by atoms with Crippen LogP contribution in [0.1, 0.15) is 18.5 Å². The number of allylic oxidation sites excluding steroid dienone is 1. The minimum Gasteiger partial charge on any atom is -0.351 e. The number of carbonyl (C=O) groups excluding carboxylic acids is 1. The van der Waals surface area contributed by atoms with Gasteiger partial charge >= 0.3 is 0 Å². The zero-order valence-electron chi connectivity index (χ0n) is 14.2. The van der Waals surface area contributed by atoms with Crippen LogP contribution in [-0.4, -0.2) is 16.0 Å². The highest BCUT2D eigenvalue weighted by Gasteiger charge is 2.30. The molecule has 4 rings (SSSR count). The molecule has 3 N–H and O–H groups in total. The van der Waals surface area contributed by atoms with Crippen molar-refractivity contribution in [1.29, 1.82) is 0 Å². The van der Waals surface area contributed by atoms with Crippen LogP contribution in [-0.2, 0) is 4.79 Å². The standard InChI is InChI=1S/C19H15ClN4OS2/c1-10-15(16(23-18(26)21-10)11-6-8-12(20)9-7-11)17(25)24-19-22-13-4-2-3-5-14(13)27-19/h2-9,16H,1H3,(H2,21,23,26)(H,22,24,25). The highest BCUT2D eigenvalue weighted by atomic mass is 35.5. The minimum atomic E-state index is -0.370. The van der Waals surface area contributed by atoms with Gasteiger partial charge < -0.3 is 10.6 Å². The highest BCUT2D eigenvalue weighted by Crippen LogP contribution is 2.30. The van der Waals surface area contributed by atoms with Crippen LogP contribution in [0.2, 0.25) is 5.02 Å². The van der Waals surface area contributed by atoms with E-state index in [1.54, 1.807) is 12.1 Å². The Balaban J connectivity index is 1.67. The van der Waals surface area contributed by atoms with Gasteiger partial charge in [0.05, 0.1) is 21.8 Å². The van der Waals surface area contributed by atoms with Gasteiger partial charge in [-0.1, -0.05) is 47.2 Å². The maximum Gasteiger partial charge on any atom is 0.257 e. The summed E-state index contributed by atoms with van der Waals surface area (Å²) in [5.74, 6) is -0.228. The van der Waals surface area contributed by atoms with Crippen LogP contribution in [0.3, 0.4) is 0 Å². The van der Waals surface area contributed by atoms with Crippen molar-refractivity contribution < 1.29 is 4.79 Å². The van der Waals surface area contributed by atoms with Crippen molar-refractivity contribution in [2.75, 3.05) is 5.32 Å². The summed E-state index contributed by atoms with van der Waals surface area (Å²) in [4.78, 5) is 17.5. The molecule has 0 spiro atoms. The van der Waals surface area contributed by atoms with Crippen molar-refractivity contribution in [3.63, 3.8) is 0 Å². The van der Waals surface area contributed by atoms with Gasteiger partial charge in [-0.3, -0.25) is 10.1 Å². The van der Waals surface area contributed by atoms with Crippen molar-refractivity contribution in [2.24, 2.45) is 0 Å². The molecule has 1 aromatic heterocycles. The van der Waals surface area contributed by atoms with E-state index in [4.69, 9.17) is 23.8 Å². The first-order chi connectivity index (χ1) is 13.0. The number of fused-ring (bicyclic) bond motifs is 1. The third kappa shape index (κ3) is 3.66. The fourth-order valence-electron chi connectivity index (χ4n) is 2.99. The van der Waals surface area contributed by atoms with Gasteiger partial charge in [0.1, 0.15) is 0 Å². The Bertz CT molecular complexity index is 1040. The van der Waals surface area contributed by atoms with Crippen LogP contribution >= 0.6 is 35.2 Å². The predicted molar refractivity (Wildman–Crippen MR) is 114 cm³/mol. The third-order valence-electron chi connectivity index (χ3n) is 4.23. The first kappa shape index (κ1) is 17.9. The fraction of sp³-hybridized carbons (Fsp3) is 0.105. The molecule has 1 amide bonds. The molecule has 1 aliphatic rings. The zero-order chi connectivity index (χ0) is 19.0. The number of nitrogens with one attached hydrogen (secondary N) is 3. The number of thiocarbonyl (C=S) groups is 1. The number of halogens is 1. The Morgan fingerprint density at radius 3 is 2.70 bits per heavy atom. The molecule has 0 saturated heterocycles. The lowest BCUT2D eigenvalue weighted by Gasteiger charge is -2.30. The van der Waals surface area contributed by atoms with Crippen LogP contribution in [0.4, 0.5) is 5.13 Å². The maximum atomic E-state index is 13.1. The Morgan fingerprint density at radius 1 is 1.22 bits per heavy atom. The van der Waals surface area contributed by atoms with Crippen LogP contribution in [0.15, 0.2) is 59.8 Å². The smallest absolute Gasteiger partial charge is 0.257 e. The van der Waals surface area contributed by atoms with Crippen molar-refractivity contribution in [3.8, 4) is 0 Å². The largest absolute Gasteiger partial charge is 0.351 e. The Hall–Kier alpha value is -2.48. The molecule has 3 aromatic rings. The van der Waals surface area contributed by atoms with Crippen LogP contribution < -0.4 is 16.0 Å². The van der Waals surface area contributed by atoms with Crippen molar-refractivity contribution >= 4 is 61.5 Å². The number of amides is 1. The number of thiazole rings is 1. The Kier molecular flexibility index (Phi) is 4.82. The number of aromatic nitrogens is 1. The zero-order valence-corrected chi connectivity index (χ0v) is 16.6. The van der Waals surface area contributed by atoms with E-state index in [0.717, 1.165) is 15.8 Å². The second-order valence-electron chi connectivity index (χ2n) is 6.06. The van der Waals surface area contributed by atoms with E-state index >= 15 is 0 Å². The van der Waals surface area contributed by atoms with Crippen molar-refractivity contribution in [2.45, 2.75) is 13.0 Å². The molecule has 1 unspecified atom stereocenters. The Morgan fingerprint density at radius 2 is 1.96 bits per heavy atom. The van der Waals surface area contributed by atoms with Gasteiger partial charge in [-0.2, -0.15) is 0 Å². The minimum absolute atomic E-state index is 0.228. The van der Waals surface area contributed by atoms with Gasteiger partial charge in [-0.05, 0) is 49.0 Å². The average Bonchev–Trinajstić information content (AvgIpc) is 3.03. The van der Waals surface area contributed by atoms with E-state index < -0.39 is 0 Å². The summed E-state index contributed by atoms with van der Waals surface area (Å²) in [6, 6.07) is 14.8. The van der Waals surface area contributed by atoms with Crippen molar-refractivity contribution in [1.82, 2.24) is 15.6 Å². The lowest BCUT2D eigenvalue weighted by Crippen LogP contribution is -2.45. The van der Waals surface area contributed by atoms with E-state index in [1.807, 2.05) is 43.3 Å². The third-order valence-corrected chi connectivity index (χ3v) is 5.66. The highest BCUT2D eigenvalue weighted by molar-refractivity contribution is 7.80. The van der Waals surface area contributed by atoms with Gasteiger partial charge in [-0.25, -0.2) is 4.98 Å². The van der Waals surface area contributed by atoms with Crippen LogP contribution in [0.25, 0.3) is 10.2 Å². The molecule has 2 heterocycles. The molecule has 8 heteroatoms. The summed E-state index contributed by atoms with van der Waals surface area (Å²) in [5.41, 5.74) is 3.03. The summed E-state index contributed by atoms with van der Waals surface area (Å²) in [6.45, 7) is 1.84. The van der Waals surface area contributed by atoms with E-state index in [2.05, 4.69) is 20.9 Å².